The number of anilines is 1. The first-order valence-corrected chi connectivity index (χ1v) is 14.0. The molecule has 1 unspecified atom stereocenters. The SMILES string of the molecule is CCC.CCC.CNS(=O)(=O)c1ccc2c(c1)N(C(=O)NCCc1ccc(OC)c(OC)c1)C(C)C2. The maximum absolute atomic E-state index is 12.9. The van der Waals surface area contributed by atoms with Gasteiger partial charge in [-0.25, -0.2) is 17.9 Å². The van der Waals surface area contributed by atoms with Crippen LogP contribution in [-0.4, -0.2) is 48.3 Å². The fourth-order valence-corrected chi connectivity index (χ4v) is 4.37. The Morgan fingerprint density at radius 2 is 1.61 bits per heavy atom. The van der Waals surface area contributed by atoms with E-state index >= 15 is 0 Å². The molecule has 0 aliphatic carbocycles. The highest BCUT2D eigenvalue weighted by Crippen LogP contribution is 2.34. The van der Waals surface area contributed by atoms with Gasteiger partial charge in [0.2, 0.25) is 10.0 Å². The van der Waals surface area contributed by atoms with E-state index in [0.717, 1.165) is 11.1 Å². The molecule has 2 aromatic rings. The van der Waals surface area contributed by atoms with Gasteiger partial charge >= 0.3 is 6.03 Å². The van der Waals surface area contributed by atoms with Crippen molar-refractivity contribution in [1.29, 1.82) is 0 Å². The quantitative estimate of drug-likeness (QED) is 0.525. The van der Waals surface area contributed by atoms with E-state index in [1.54, 1.807) is 37.3 Å². The highest BCUT2D eigenvalue weighted by molar-refractivity contribution is 7.89. The topological polar surface area (TPSA) is 97.0 Å². The van der Waals surface area contributed by atoms with Gasteiger partial charge in [-0.2, -0.15) is 0 Å². The molecule has 0 radical (unpaired) electrons. The van der Waals surface area contributed by atoms with Crippen molar-refractivity contribution >= 4 is 21.7 Å². The number of ether oxygens (including phenoxy) is 2. The second-order valence-corrected chi connectivity index (χ2v) is 10.4. The molecule has 0 bridgehead atoms. The summed E-state index contributed by atoms with van der Waals surface area (Å²) in [5, 5.41) is 2.93. The second-order valence-electron chi connectivity index (χ2n) is 8.51. The highest BCUT2D eigenvalue weighted by atomic mass is 32.2. The molecule has 1 aliphatic heterocycles. The first-order valence-electron chi connectivity index (χ1n) is 12.5. The van der Waals surface area contributed by atoms with E-state index in [9.17, 15) is 13.2 Å². The normalized spacial score (nSPS) is 14.0. The van der Waals surface area contributed by atoms with Crippen molar-refractivity contribution in [3.63, 3.8) is 0 Å². The molecule has 8 nitrogen and oxygen atoms in total. The van der Waals surface area contributed by atoms with Crippen molar-refractivity contribution in [2.75, 3.05) is 32.7 Å². The second kappa shape index (κ2) is 15.4. The first-order chi connectivity index (χ1) is 17.1. The molecule has 0 aromatic heterocycles. The predicted octanol–water partition coefficient (Wildman–Crippen LogP) is 5.15. The van der Waals surface area contributed by atoms with Gasteiger partial charge in [0.05, 0.1) is 24.8 Å². The fourth-order valence-electron chi connectivity index (χ4n) is 3.62. The number of rotatable bonds is 7. The minimum absolute atomic E-state index is 0.0615. The van der Waals surface area contributed by atoms with E-state index in [4.69, 9.17) is 9.47 Å². The van der Waals surface area contributed by atoms with Gasteiger partial charge in [-0.05, 0) is 62.2 Å². The number of methoxy groups -OCH3 is 2. The van der Waals surface area contributed by atoms with Gasteiger partial charge in [0, 0.05) is 12.6 Å². The lowest BCUT2D eigenvalue weighted by Gasteiger charge is -2.23. The summed E-state index contributed by atoms with van der Waals surface area (Å²) in [6.45, 7) is 10.9. The number of hydrogen-bond donors (Lipinski definition) is 2. The average molecular weight is 522 g/mol. The third-order valence-electron chi connectivity index (χ3n) is 5.21. The van der Waals surface area contributed by atoms with Gasteiger partial charge in [0.25, 0.3) is 0 Å². The Bertz CT molecular complexity index is 1070. The molecule has 0 fully saturated rings. The van der Waals surface area contributed by atoms with Gasteiger partial charge in [-0.15, -0.1) is 0 Å². The number of urea groups is 1. The molecule has 0 spiro atoms. The summed E-state index contributed by atoms with van der Waals surface area (Å²) >= 11 is 0. The van der Waals surface area contributed by atoms with Crippen molar-refractivity contribution in [1.82, 2.24) is 10.0 Å². The molecule has 1 atom stereocenters. The molecule has 2 N–H and O–H groups in total. The lowest BCUT2D eigenvalue weighted by molar-refractivity contribution is 0.245. The van der Waals surface area contributed by atoms with E-state index in [0.29, 0.717) is 36.6 Å². The maximum atomic E-state index is 12.9. The summed E-state index contributed by atoms with van der Waals surface area (Å²) in [7, 11) is 0.948. The summed E-state index contributed by atoms with van der Waals surface area (Å²) in [6.07, 6.45) is 3.80. The Hall–Kier alpha value is -2.78. The molecule has 1 aliphatic rings. The molecule has 36 heavy (non-hydrogen) atoms. The van der Waals surface area contributed by atoms with Crippen molar-refractivity contribution in [2.24, 2.45) is 0 Å². The van der Waals surface area contributed by atoms with Crippen LogP contribution in [0.1, 0.15) is 58.6 Å². The third kappa shape index (κ3) is 8.41. The van der Waals surface area contributed by atoms with Crippen molar-refractivity contribution in [3.8, 4) is 11.5 Å². The zero-order valence-corrected chi connectivity index (χ0v) is 23.8. The minimum Gasteiger partial charge on any atom is -0.493 e. The Morgan fingerprint density at radius 1 is 1.00 bits per heavy atom. The van der Waals surface area contributed by atoms with Crippen LogP contribution in [0.2, 0.25) is 0 Å². The number of fused-ring (bicyclic) bond motifs is 1. The van der Waals surface area contributed by atoms with Crippen LogP contribution >= 0.6 is 0 Å². The molecule has 2 aromatic carbocycles. The zero-order valence-electron chi connectivity index (χ0n) is 23.0. The zero-order chi connectivity index (χ0) is 27.3. The summed E-state index contributed by atoms with van der Waals surface area (Å²) in [4.78, 5) is 14.6. The monoisotopic (exact) mass is 521 g/mol. The number of nitrogens with zero attached hydrogens (tertiary/aromatic N) is 1. The minimum atomic E-state index is -3.58. The van der Waals surface area contributed by atoms with Crippen LogP contribution in [0.5, 0.6) is 11.5 Å². The van der Waals surface area contributed by atoms with Crippen LogP contribution in [0, 0.1) is 0 Å². The molecule has 0 saturated heterocycles. The van der Waals surface area contributed by atoms with E-state index < -0.39 is 10.0 Å². The van der Waals surface area contributed by atoms with E-state index in [1.165, 1.54) is 19.9 Å². The van der Waals surface area contributed by atoms with Gasteiger partial charge < -0.3 is 14.8 Å². The number of benzene rings is 2. The van der Waals surface area contributed by atoms with Gasteiger partial charge in [-0.1, -0.05) is 52.7 Å². The summed E-state index contributed by atoms with van der Waals surface area (Å²) < 4.78 is 37.1. The van der Waals surface area contributed by atoms with Crippen LogP contribution in [0.3, 0.4) is 0 Å². The van der Waals surface area contributed by atoms with Crippen LogP contribution in [0.4, 0.5) is 10.5 Å². The molecule has 9 heteroatoms. The molecule has 0 saturated carbocycles. The van der Waals surface area contributed by atoms with Gasteiger partial charge in [0.15, 0.2) is 11.5 Å². The Labute approximate surface area is 217 Å². The molecule has 1 heterocycles. The van der Waals surface area contributed by atoms with Crippen LogP contribution < -0.4 is 24.4 Å². The van der Waals surface area contributed by atoms with Crippen molar-refractivity contribution in [3.05, 3.63) is 47.5 Å². The number of carbonyl (C=O) groups is 1. The molecule has 2 amide bonds. The lowest BCUT2D eigenvalue weighted by atomic mass is 10.1. The summed E-state index contributed by atoms with van der Waals surface area (Å²) in [5.74, 6) is 1.29. The number of sulfonamides is 1. The summed E-state index contributed by atoms with van der Waals surface area (Å²) in [6, 6.07) is 10.2. The van der Waals surface area contributed by atoms with Crippen molar-refractivity contribution < 1.29 is 22.7 Å². The molecular formula is C27H43N3O5S. The molecular weight excluding hydrogens is 478 g/mol. The fraction of sp³-hybridized carbons (Fsp3) is 0.519. The molecule has 3 rings (SSSR count). The van der Waals surface area contributed by atoms with E-state index in [2.05, 4.69) is 37.7 Å². The number of nitrogens with one attached hydrogen (secondary N) is 2. The third-order valence-corrected chi connectivity index (χ3v) is 6.62. The van der Waals surface area contributed by atoms with Crippen LogP contribution in [0.15, 0.2) is 41.3 Å². The van der Waals surface area contributed by atoms with Crippen molar-refractivity contribution in [2.45, 2.75) is 71.2 Å². The van der Waals surface area contributed by atoms with Crippen LogP contribution in [-0.2, 0) is 22.9 Å². The number of amides is 2. The smallest absolute Gasteiger partial charge is 0.322 e. The average Bonchev–Trinajstić information content (AvgIpc) is 3.19. The standard InChI is InChI=1S/C21H27N3O5S.2C3H8/c1-14-11-16-6-7-17(30(26,27)22-2)13-18(16)24(14)21(25)23-10-9-15-5-8-19(28-3)20(12-15)29-4;2*1-3-2/h5-8,12-14,22H,9-11H2,1-4H3,(H,23,25);2*3H2,1-2H3. The van der Waals surface area contributed by atoms with Crippen LogP contribution in [0.25, 0.3) is 0 Å². The van der Waals surface area contributed by atoms with E-state index in [-0.39, 0.29) is 17.0 Å². The van der Waals surface area contributed by atoms with E-state index in [1.807, 2.05) is 25.1 Å². The summed E-state index contributed by atoms with van der Waals surface area (Å²) in [5.41, 5.74) is 2.58. The van der Waals surface area contributed by atoms with Gasteiger partial charge in [-0.3, -0.25) is 4.90 Å². The lowest BCUT2D eigenvalue weighted by Crippen LogP contribution is -2.44. The largest absolute Gasteiger partial charge is 0.493 e. The Kier molecular flexibility index (Phi) is 13.3. The number of hydrogen-bond acceptors (Lipinski definition) is 5. The first kappa shape index (κ1) is 31.3. The Balaban J connectivity index is 0.000000982. The predicted molar refractivity (Wildman–Crippen MR) is 147 cm³/mol. The van der Waals surface area contributed by atoms with Gasteiger partial charge in [0.1, 0.15) is 0 Å². The Morgan fingerprint density at radius 3 is 2.17 bits per heavy atom. The highest BCUT2D eigenvalue weighted by Gasteiger charge is 2.32. The molecule has 202 valence electrons. The number of carbonyl (C=O) groups excluding carboxylic acids is 1. The maximum Gasteiger partial charge on any atom is 0.322 e.